The van der Waals surface area contributed by atoms with Gasteiger partial charge in [-0.3, -0.25) is 9.79 Å². The molecule has 1 aliphatic heterocycles. The largest absolute Gasteiger partial charge is 0.361 e. The minimum absolute atomic E-state index is 0. The molecule has 3 heterocycles. The SMILES string of the molecule is CN=C(NCCC(=O)N1CCN(c2ncccn2)CC1)NCCc1c[nH]c2cc(C)ccc12.I. The van der Waals surface area contributed by atoms with Crippen molar-refractivity contribution < 1.29 is 4.79 Å². The first-order chi connectivity index (χ1) is 16.1. The minimum Gasteiger partial charge on any atom is -0.361 e. The number of aliphatic imine (C=N–C) groups is 1. The van der Waals surface area contributed by atoms with Crippen LogP contribution in [0.25, 0.3) is 10.9 Å². The number of anilines is 1. The third-order valence-corrected chi connectivity index (χ3v) is 5.93. The number of nitrogens with zero attached hydrogens (tertiary/aromatic N) is 5. The third-order valence-electron chi connectivity index (χ3n) is 5.93. The zero-order valence-corrected chi connectivity index (χ0v) is 22.1. The molecule has 0 unspecified atom stereocenters. The van der Waals surface area contributed by atoms with Gasteiger partial charge in [0.1, 0.15) is 0 Å². The van der Waals surface area contributed by atoms with Crippen LogP contribution in [0.5, 0.6) is 0 Å². The number of guanidine groups is 1. The molecular formula is C24H33IN8O. The lowest BCUT2D eigenvalue weighted by molar-refractivity contribution is -0.131. The number of aromatic amines is 1. The van der Waals surface area contributed by atoms with E-state index in [-0.39, 0.29) is 29.9 Å². The van der Waals surface area contributed by atoms with E-state index in [2.05, 4.69) is 66.8 Å². The van der Waals surface area contributed by atoms with E-state index in [1.54, 1.807) is 19.4 Å². The number of rotatable bonds is 7. The third kappa shape index (κ3) is 6.58. The van der Waals surface area contributed by atoms with Crippen LogP contribution in [-0.4, -0.2) is 78.0 Å². The molecule has 10 heteroatoms. The van der Waals surface area contributed by atoms with Gasteiger partial charge >= 0.3 is 0 Å². The van der Waals surface area contributed by atoms with Crippen LogP contribution in [0.1, 0.15) is 17.5 Å². The summed E-state index contributed by atoms with van der Waals surface area (Å²) in [4.78, 5) is 32.8. The highest BCUT2D eigenvalue weighted by Crippen LogP contribution is 2.19. The van der Waals surface area contributed by atoms with Crippen molar-refractivity contribution in [2.24, 2.45) is 4.99 Å². The molecule has 3 aromatic rings. The second-order valence-electron chi connectivity index (χ2n) is 8.21. The smallest absolute Gasteiger partial charge is 0.225 e. The van der Waals surface area contributed by atoms with Crippen molar-refractivity contribution in [1.29, 1.82) is 0 Å². The van der Waals surface area contributed by atoms with Gasteiger partial charge in [0, 0.05) is 82.2 Å². The molecule has 0 atom stereocenters. The molecule has 3 N–H and O–H groups in total. The number of H-pyrrole nitrogens is 1. The Balaban J connectivity index is 0.00000324. The first-order valence-electron chi connectivity index (χ1n) is 11.4. The average molecular weight is 576 g/mol. The number of aromatic nitrogens is 3. The number of carbonyl (C=O) groups is 1. The van der Waals surface area contributed by atoms with E-state index < -0.39 is 0 Å². The van der Waals surface area contributed by atoms with Crippen LogP contribution >= 0.6 is 24.0 Å². The summed E-state index contributed by atoms with van der Waals surface area (Å²) >= 11 is 0. The summed E-state index contributed by atoms with van der Waals surface area (Å²) in [5, 5.41) is 7.85. The van der Waals surface area contributed by atoms with Crippen LogP contribution in [0.15, 0.2) is 47.8 Å². The number of halogens is 1. The summed E-state index contributed by atoms with van der Waals surface area (Å²) < 4.78 is 0. The number of amides is 1. The highest BCUT2D eigenvalue weighted by atomic mass is 127. The molecule has 4 rings (SSSR count). The van der Waals surface area contributed by atoms with E-state index in [0.29, 0.717) is 32.0 Å². The van der Waals surface area contributed by atoms with E-state index in [0.717, 1.165) is 32.0 Å². The quantitative estimate of drug-likeness (QED) is 0.227. The van der Waals surface area contributed by atoms with Crippen molar-refractivity contribution in [2.75, 3.05) is 51.2 Å². The molecule has 1 aliphatic rings. The molecule has 2 aromatic heterocycles. The fraction of sp³-hybridized carbons (Fsp3) is 0.417. The Morgan fingerprint density at radius 1 is 1.12 bits per heavy atom. The molecule has 0 saturated carbocycles. The van der Waals surface area contributed by atoms with Crippen LogP contribution in [-0.2, 0) is 11.2 Å². The Hall–Kier alpha value is -2.89. The Bertz CT molecular complexity index is 1090. The maximum Gasteiger partial charge on any atom is 0.225 e. The first kappa shape index (κ1) is 25.7. The van der Waals surface area contributed by atoms with Gasteiger partial charge in [0.05, 0.1) is 0 Å². The molecule has 0 radical (unpaired) electrons. The van der Waals surface area contributed by atoms with Gasteiger partial charge in [-0.15, -0.1) is 24.0 Å². The van der Waals surface area contributed by atoms with Crippen molar-refractivity contribution >= 4 is 52.7 Å². The van der Waals surface area contributed by atoms with E-state index in [1.165, 1.54) is 22.0 Å². The van der Waals surface area contributed by atoms with E-state index in [1.807, 2.05) is 11.0 Å². The van der Waals surface area contributed by atoms with Gasteiger partial charge in [-0.05, 0) is 36.6 Å². The molecule has 1 amide bonds. The van der Waals surface area contributed by atoms with Crippen LogP contribution < -0.4 is 15.5 Å². The molecule has 1 fully saturated rings. The van der Waals surface area contributed by atoms with Crippen LogP contribution in [0.3, 0.4) is 0 Å². The summed E-state index contributed by atoms with van der Waals surface area (Å²) in [5.74, 6) is 1.59. The number of fused-ring (bicyclic) bond motifs is 1. The summed E-state index contributed by atoms with van der Waals surface area (Å²) in [5.41, 5.74) is 3.70. The fourth-order valence-electron chi connectivity index (χ4n) is 4.10. The van der Waals surface area contributed by atoms with E-state index >= 15 is 0 Å². The normalized spacial score (nSPS) is 14.1. The lowest BCUT2D eigenvalue weighted by Gasteiger charge is -2.34. The maximum absolute atomic E-state index is 12.6. The van der Waals surface area contributed by atoms with Crippen molar-refractivity contribution in [3.05, 3.63) is 54.0 Å². The Labute approximate surface area is 217 Å². The van der Waals surface area contributed by atoms with E-state index in [9.17, 15) is 4.79 Å². The predicted octanol–water partition coefficient (Wildman–Crippen LogP) is 2.33. The van der Waals surface area contributed by atoms with Crippen molar-refractivity contribution in [3.8, 4) is 0 Å². The second kappa shape index (κ2) is 12.5. The number of carbonyl (C=O) groups excluding carboxylic acids is 1. The van der Waals surface area contributed by atoms with Gasteiger partial charge in [-0.2, -0.15) is 0 Å². The monoisotopic (exact) mass is 576 g/mol. The Kier molecular flexibility index (Phi) is 9.49. The molecule has 182 valence electrons. The highest BCUT2D eigenvalue weighted by molar-refractivity contribution is 14.0. The standard InChI is InChI=1S/C24H32N8O.HI/c1-18-4-5-20-19(17-30-21(20)16-18)6-10-26-23(25-2)27-11-7-22(33)31-12-14-32(15-13-31)24-28-8-3-9-29-24;/h3-5,8-9,16-17,30H,6-7,10-15H2,1-2H3,(H2,25,26,27);1H. The molecular weight excluding hydrogens is 543 g/mol. The van der Waals surface area contributed by atoms with Crippen LogP contribution in [0, 0.1) is 6.92 Å². The second-order valence-corrected chi connectivity index (χ2v) is 8.21. The van der Waals surface area contributed by atoms with Crippen molar-refractivity contribution in [2.45, 2.75) is 19.8 Å². The van der Waals surface area contributed by atoms with Crippen LogP contribution in [0.2, 0.25) is 0 Å². The number of aryl methyl sites for hydroxylation is 1. The number of hydrogen-bond donors (Lipinski definition) is 3. The maximum atomic E-state index is 12.6. The summed E-state index contributed by atoms with van der Waals surface area (Å²) in [6, 6.07) is 8.28. The fourth-order valence-corrected chi connectivity index (χ4v) is 4.10. The summed E-state index contributed by atoms with van der Waals surface area (Å²) in [7, 11) is 1.75. The Morgan fingerprint density at radius 3 is 2.59 bits per heavy atom. The van der Waals surface area contributed by atoms with E-state index in [4.69, 9.17) is 0 Å². The molecule has 0 bridgehead atoms. The molecule has 1 aromatic carbocycles. The van der Waals surface area contributed by atoms with Crippen molar-refractivity contribution in [3.63, 3.8) is 0 Å². The zero-order valence-electron chi connectivity index (χ0n) is 19.8. The molecule has 0 aliphatic carbocycles. The van der Waals surface area contributed by atoms with Gasteiger partial charge in [0.25, 0.3) is 0 Å². The summed E-state index contributed by atoms with van der Waals surface area (Å²) in [6.45, 7) is 6.29. The lowest BCUT2D eigenvalue weighted by atomic mass is 10.1. The van der Waals surface area contributed by atoms with Gasteiger partial charge in [-0.1, -0.05) is 12.1 Å². The molecule has 1 saturated heterocycles. The molecule has 9 nitrogen and oxygen atoms in total. The topological polar surface area (TPSA) is 102 Å². The lowest BCUT2D eigenvalue weighted by Crippen LogP contribution is -2.50. The molecule has 34 heavy (non-hydrogen) atoms. The summed E-state index contributed by atoms with van der Waals surface area (Å²) in [6.07, 6.45) is 6.88. The minimum atomic E-state index is 0. The average Bonchev–Trinajstić information content (AvgIpc) is 3.25. The van der Waals surface area contributed by atoms with Gasteiger partial charge in [-0.25, -0.2) is 9.97 Å². The first-order valence-corrected chi connectivity index (χ1v) is 11.4. The predicted molar refractivity (Wildman–Crippen MR) is 147 cm³/mol. The van der Waals surface area contributed by atoms with Gasteiger partial charge in [0.2, 0.25) is 11.9 Å². The van der Waals surface area contributed by atoms with Crippen molar-refractivity contribution in [1.82, 2.24) is 30.5 Å². The number of benzene rings is 1. The molecule has 0 spiro atoms. The highest BCUT2D eigenvalue weighted by Gasteiger charge is 2.22. The number of nitrogens with one attached hydrogen (secondary N) is 3. The van der Waals surface area contributed by atoms with Gasteiger partial charge in [0.15, 0.2) is 5.96 Å². The number of hydrogen-bond acceptors (Lipinski definition) is 5. The Morgan fingerprint density at radius 2 is 1.85 bits per heavy atom. The van der Waals surface area contributed by atoms with Gasteiger partial charge < -0.3 is 25.4 Å². The number of piperazine rings is 1. The zero-order chi connectivity index (χ0) is 23.0. The van der Waals surface area contributed by atoms with Crippen LogP contribution in [0.4, 0.5) is 5.95 Å².